The highest BCUT2D eigenvalue weighted by atomic mass is 19.1. The Labute approximate surface area is 97.3 Å². The summed E-state index contributed by atoms with van der Waals surface area (Å²) in [5.41, 5.74) is 0.267. The average Bonchev–Trinajstić information content (AvgIpc) is 2.31. The molecule has 2 aromatic heterocycles. The molecule has 0 N–H and O–H groups in total. The SMILES string of the molecule is CCOc1ccn(-c2ccc(F)nc2)c(=O)c1. The first kappa shape index (κ1) is 11.3. The largest absolute Gasteiger partial charge is 0.494 e. The lowest BCUT2D eigenvalue weighted by Gasteiger charge is -2.06. The summed E-state index contributed by atoms with van der Waals surface area (Å²) in [4.78, 5) is 15.3. The summed E-state index contributed by atoms with van der Waals surface area (Å²) in [5, 5.41) is 0. The van der Waals surface area contributed by atoms with Crippen LogP contribution in [0.25, 0.3) is 5.69 Å². The number of rotatable bonds is 3. The lowest BCUT2D eigenvalue weighted by Crippen LogP contribution is -2.17. The van der Waals surface area contributed by atoms with E-state index in [0.717, 1.165) is 0 Å². The molecule has 0 saturated heterocycles. The molecule has 0 atom stereocenters. The molecule has 0 aromatic carbocycles. The monoisotopic (exact) mass is 234 g/mol. The van der Waals surface area contributed by atoms with Crippen molar-refractivity contribution in [2.45, 2.75) is 6.92 Å². The van der Waals surface area contributed by atoms with E-state index in [0.29, 0.717) is 18.0 Å². The maximum absolute atomic E-state index is 12.6. The van der Waals surface area contributed by atoms with Crippen molar-refractivity contribution in [2.75, 3.05) is 6.61 Å². The number of pyridine rings is 2. The summed E-state index contributed by atoms with van der Waals surface area (Å²) in [6.45, 7) is 2.34. The van der Waals surface area contributed by atoms with Gasteiger partial charge in [-0.05, 0) is 25.1 Å². The van der Waals surface area contributed by atoms with Crippen molar-refractivity contribution in [3.05, 3.63) is 53.0 Å². The molecule has 0 aliphatic rings. The normalized spacial score (nSPS) is 10.2. The molecule has 0 radical (unpaired) electrons. The summed E-state index contributed by atoms with van der Waals surface area (Å²) in [6.07, 6.45) is 2.87. The predicted molar refractivity (Wildman–Crippen MR) is 61.0 cm³/mol. The second-order valence-electron chi connectivity index (χ2n) is 3.34. The third-order valence-electron chi connectivity index (χ3n) is 2.19. The minimum absolute atomic E-state index is 0.246. The van der Waals surface area contributed by atoms with Crippen LogP contribution < -0.4 is 10.3 Å². The maximum Gasteiger partial charge on any atom is 0.258 e. The fourth-order valence-corrected chi connectivity index (χ4v) is 1.44. The Bertz CT molecular complexity index is 563. The molecule has 0 aliphatic carbocycles. The number of halogens is 1. The molecule has 5 heteroatoms. The van der Waals surface area contributed by atoms with Crippen molar-refractivity contribution in [1.82, 2.24) is 9.55 Å². The molecule has 0 bridgehead atoms. The van der Waals surface area contributed by atoms with Gasteiger partial charge in [-0.15, -0.1) is 0 Å². The summed E-state index contributed by atoms with van der Waals surface area (Å²) < 4.78 is 19.2. The van der Waals surface area contributed by atoms with Gasteiger partial charge in [-0.2, -0.15) is 4.39 Å². The fourth-order valence-electron chi connectivity index (χ4n) is 1.44. The van der Waals surface area contributed by atoms with Crippen molar-refractivity contribution < 1.29 is 9.13 Å². The molecular formula is C12H11FN2O2. The molecule has 2 rings (SSSR count). The van der Waals surface area contributed by atoms with E-state index in [4.69, 9.17) is 4.74 Å². The van der Waals surface area contributed by atoms with Crippen molar-refractivity contribution in [3.8, 4) is 11.4 Å². The Kier molecular flexibility index (Phi) is 3.18. The average molecular weight is 234 g/mol. The molecule has 88 valence electrons. The van der Waals surface area contributed by atoms with Crippen LogP contribution in [0.2, 0.25) is 0 Å². The van der Waals surface area contributed by atoms with E-state index in [1.807, 2.05) is 6.92 Å². The summed E-state index contributed by atoms with van der Waals surface area (Å²) >= 11 is 0. The molecule has 0 aliphatic heterocycles. The molecule has 0 fully saturated rings. The molecule has 4 nitrogen and oxygen atoms in total. The van der Waals surface area contributed by atoms with Gasteiger partial charge in [0.1, 0.15) is 5.75 Å². The first-order valence-electron chi connectivity index (χ1n) is 5.18. The van der Waals surface area contributed by atoms with E-state index in [9.17, 15) is 9.18 Å². The molecule has 17 heavy (non-hydrogen) atoms. The van der Waals surface area contributed by atoms with Gasteiger partial charge in [-0.25, -0.2) is 4.98 Å². The number of aromatic nitrogens is 2. The molecule has 0 unspecified atom stereocenters. The van der Waals surface area contributed by atoms with E-state index in [1.165, 1.54) is 29.0 Å². The number of nitrogens with zero attached hydrogens (tertiary/aromatic N) is 2. The molecular weight excluding hydrogens is 223 g/mol. The Hall–Kier alpha value is -2.17. The van der Waals surface area contributed by atoms with Crippen LogP contribution in [-0.4, -0.2) is 16.2 Å². The highest BCUT2D eigenvalue weighted by Gasteiger charge is 2.02. The third-order valence-corrected chi connectivity index (χ3v) is 2.19. The van der Waals surface area contributed by atoms with E-state index in [1.54, 1.807) is 12.3 Å². The minimum atomic E-state index is -0.576. The summed E-state index contributed by atoms with van der Waals surface area (Å²) in [6, 6.07) is 5.75. The van der Waals surface area contributed by atoms with Gasteiger partial charge in [-0.1, -0.05) is 0 Å². The van der Waals surface area contributed by atoms with E-state index in [2.05, 4.69) is 4.98 Å². The zero-order chi connectivity index (χ0) is 12.3. The fraction of sp³-hybridized carbons (Fsp3) is 0.167. The number of ether oxygens (including phenoxy) is 1. The van der Waals surface area contributed by atoms with E-state index >= 15 is 0 Å². The Morgan fingerprint density at radius 1 is 1.41 bits per heavy atom. The lowest BCUT2D eigenvalue weighted by atomic mass is 10.3. The van der Waals surface area contributed by atoms with Crippen molar-refractivity contribution in [3.63, 3.8) is 0 Å². The Morgan fingerprint density at radius 2 is 2.24 bits per heavy atom. The van der Waals surface area contributed by atoms with Crippen molar-refractivity contribution in [2.24, 2.45) is 0 Å². The van der Waals surface area contributed by atoms with Gasteiger partial charge < -0.3 is 4.74 Å². The van der Waals surface area contributed by atoms with Crippen molar-refractivity contribution in [1.29, 1.82) is 0 Å². The molecule has 2 heterocycles. The topological polar surface area (TPSA) is 44.1 Å². The second-order valence-corrected chi connectivity index (χ2v) is 3.34. The summed E-state index contributed by atoms with van der Waals surface area (Å²) in [7, 11) is 0. The van der Waals surface area contributed by atoms with Crippen LogP contribution in [-0.2, 0) is 0 Å². The lowest BCUT2D eigenvalue weighted by molar-refractivity contribution is 0.339. The quantitative estimate of drug-likeness (QED) is 0.760. The number of hydrogen-bond donors (Lipinski definition) is 0. The molecule has 0 spiro atoms. The first-order chi connectivity index (χ1) is 8.20. The highest BCUT2D eigenvalue weighted by Crippen LogP contribution is 2.09. The number of hydrogen-bond acceptors (Lipinski definition) is 3. The van der Waals surface area contributed by atoms with Crippen LogP contribution in [0, 0.1) is 5.95 Å². The molecule has 0 saturated carbocycles. The third kappa shape index (κ3) is 2.50. The Morgan fingerprint density at radius 3 is 2.82 bits per heavy atom. The van der Waals surface area contributed by atoms with Crippen LogP contribution in [0.1, 0.15) is 6.92 Å². The van der Waals surface area contributed by atoms with Gasteiger partial charge in [0.05, 0.1) is 18.5 Å². The van der Waals surface area contributed by atoms with E-state index < -0.39 is 5.95 Å². The zero-order valence-electron chi connectivity index (χ0n) is 9.26. The van der Waals surface area contributed by atoms with Crippen LogP contribution in [0.5, 0.6) is 5.75 Å². The van der Waals surface area contributed by atoms with Crippen LogP contribution >= 0.6 is 0 Å². The van der Waals surface area contributed by atoms with Gasteiger partial charge >= 0.3 is 0 Å². The van der Waals surface area contributed by atoms with Gasteiger partial charge in [0.25, 0.3) is 5.56 Å². The summed E-state index contributed by atoms with van der Waals surface area (Å²) in [5.74, 6) is -0.0587. The smallest absolute Gasteiger partial charge is 0.258 e. The van der Waals surface area contributed by atoms with Crippen LogP contribution in [0.15, 0.2) is 41.5 Å². The minimum Gasteiger partial charge on any atom is -0.494 e. The van der Waals surface area contributed by atoms with Gasteiger partial charge in [0, 0.05) is 12.3 Å². The molecule has 2 aromatic rings. The standard InChI is InChI=1S/C12H11FN2O2/c1-2-17-10-5-6-15(12(16)7-10)9-3-4-11(13)14-8-9/h3-8H,2H2,1H3. The maximum atomic E-state index is 12.6. The predicted octanol–water partition coefficient (Wildman–Crippen LogP) is 1.77. The van der Waals surface area contributed by atoms with Gasteiger partial charge in [0.2, 0.25) is 5.95 Å². The van der Waals surface area contributed by atoms with Crippen molar-refractivity contribution >= 4 is 0 Å². The Balaban J connectivity index is 2.40. The van der Waals surface area contributed by atoms with Crippen LogP contribution in [0.3, 0.4) is 0 Å². The van der Waals surface area contributed by atoms with Gasteiger partial charge in [0.15, 0.2) is 0 Å². The zero-order valence-corrected chi connectivity index (χ0v) is 9.26. The van der Waals surface area contributed by atoms with Gasteiger partial charge in [-0.3, -0.25) is 9.36 Å². The first-order valence-corrected chi connectivity index (χ1v) is 5.18. The highest BCUT2D eigenvalue weighted by molar-refractivity contribution is 5.31. The molecule has 0 amide bonds. The van der Waals surface area contributed by atoms with E-state index in [-0.39, 0.29) is 5.56 Å². The second kappa shape index (κ2) is 4.78. The van der Waals surface area contributed by atoms with Crippen LogP contribution in [0.4, 0.5) is 4.39 Å².